The van der Waals surface area contributed by atoms with E-state index in [2.05, 4.69) is 5.32 Å². The lowest BCUT2D eigenvalue weighted by molar-refractivity contribution is -0.116. The Morgan fingerprint density at radius 3 is 2.40 bits per heavy atom. The van der Waals surface area contributed by atoms with Gasteiger partial charge in [-0.2, -0.15) is 4.31 Å². The third kappa shape index (κ3) is 6.32. The van der Waals surface area contributed by atoms with Crippen LogP contribution >= 0.6 is 23.2 Å². The Morgan fingerprint density at radius 2 is 1.80 bits per heavy atom. The summed E-state index contributed by atoms with van der Waals surface area (Å²) < 4.78 is 25.0. The minimum atomic E-state index is -3.52. The van der Waals surface area contributed by atoms with Crippen LogP contribution in [0.4, 0.5) is 5.69 Å². The molecule has 0 unspecified atom stereocenters. The summed E-state index contributed by atoms with van der Waals surface area (Å²) in [7, 11) is -3.52. The second kappa shape index (κ2) is 8.67. The SMILES string of the molecule is CS(=O)(=O)N(CCc1ccccc1)CC(=O)Nc1ccc(Cl)cc1Cl. The van der Waals surface area contributed by atoms with E-state index >= 15 is 0 Å². The summed E-state index contributed by atoms with van der Waals surface area (Å²) in [5.74, 6) is -0.470. The normalized spacial score (nSPS) is 11.5. The van der Waals surface area contributed by atoms with Crippen molar-refractivity contribution in [3.63, 3.8) is 0 Å². The fourth-order valence-corrected chi connectivity index (χ4v) is 3.43. The number of anilines is 1. The van der Waals surface area contributed by atoms with E-state index in [-0.39, 0.29) is 18.1 Å². The highest BCUT2D eigenvalue weighted by molar-refractivity contribution is 7.88. The van der Waals surface area contributed by atoms with Crippen LogP contribution in [-0.4, -0.2) is 38.0 Å². The summed E-state index contributed by atoms with van der Waals surface area (Å²) >= 11 is 11.8. The molecule has 2 aromatic rings. The van der Waals surface area contributed by atoms with Gasteiger partial charge in [0.25, 0.3) is 0 Å². The van der Waals surface area contributed by atoms with E-state index in [1.165, 1.54) is 6.07 Å². The first-order valence-corrected chi connectivity index (χ1v) is 10.1. The molecule has 5 nitrogen and oxygen atoms in total. The van der Waals surface area contributed by atoms with Gasteiger partial charge in [0.1, 0.15) is 0 Å². The molecule has 0 radical (unpaired) electrons. The van der Waals surface area contributed by atoms with Crippen molar-refractivity contribution >= 4 is 44.8 Å². The van der Waals surface area contributed by atoms with Crippen molar-refractivity contribution in [1.82, 2.24) is 4.31 Å². The zero-order chi connectivity index (χ0) is 18.4. The van der Waals surface area contributed by atoms with Crippen LogP contribution in [0.1, 0.15) is 5.56 Å². The molecule has 25 heavy (non-hydrogen) atoms. The number of amides is 1. The van der Waals surface area contributed by atoms with E-state index in [1.807, 2.05) is 30.3 Å². The van der Waals surface area contributed by atoms with Gasteiger partial charge in [-0.3, -0.25) is 4.79 Å². The van der Waals surface area contributed by atoms with E-state index in [4.69, 9.17) is 23.2 Å². The minimum Gasteiger partial charge on any atom is -0.324 e. The summed E-state index contributed by atoms with van der Waals surface area (Å²) in [6.07, 6.45) is 1.60. The summed E-state index contributed by atoms with van der Waals surface area (Å²) in [6, 6.07) is 14.1. The number of hydrogen-bond acceptors (Lipinski definition) is 3. The van der Waals surface area contributed by atoms with Crippen LogP contribution < -0.4 is 5.32 Å². The number of nitrogens with zero attached hydrogens (tertiary/aromatic N) is 1. The molecule has 0 heterocycles. The highest BCUT2D eigenvalue weighted by atomic mass is 35.5. The minimum absolute atomic E-state index is 0.213. The van der Waals surface area contributed by atoms with Crippen molar-refractivity contribution in [2.45, 2.75) is 6.42 Å². The number of halogens is 2. The maximum Gasteiger partial charge on any atom is 0.239 e. The van der Waals surface area contributed by atoms with E-state index < -0.39 is 15.9 Å². The molecule has 0 fully saturated rings. The topological polar surface area (TPSA) is 66.5 Å². The quantitative estimate of drug-likeness (QED) is 0.773. The molecular formula is C17H18Cl2N2O3S. The number of carbonyl (C=O) groups excluding carboxylic acids is 1. The van der Waals surface area contributed by atoms with Crippen LogP contribution in [0.3, 0.4) is 0 Å². The summed E-state index contributed by atoms with van der Waals surface area (Å²) in [5.41, 5.74) is 1.38. The number of hydrogen-bond donors (Lipinski definition) is 1. The zero-order valence-electron chi connectivity index (χ0n) is 13.6. The van der Waals surface area contributed by atoms with Gasteiger partial charge in [-0.15, -0.1) is 0 Å². The lowest BCUT2D eigenvalue weighted by Gasteiger charge is -2.19. The standard InChI is InChI=1S/C17H18Cl2N2O3S/c1-25(23,24)21(10-9-13-5-3-2-4-6-13)12-17(22)20-16-8-7-14(18)11-15(16)19/h2-8,11H,9-10,12H2,1H3,(H,20,22). The summed E-state index contributed by atoms with van der Waals surface area (Å²) in [6.45, 7) is -0.0742. The summed E-state index contributed by atoms with van der Waals surface area (Å²) in [4.78, 5) is 12.2. The second-order valence-corrected chi connectivity index (χ2v) is 8.33. The predicted molar refractivity (Wildman–Crippen MR) is 102 cm³/mol. The first-order chi connectivity index (χ1) is 11.8. The third-order valence-corrected chi connectivity index (χ3v) is 5.28. The fourth-order valence-electron chi connectivity index (χ4n) is 2.20. The van der Waals surface area contributed by atoms with Gasteiger partial charge >= 0.3 is 0 Å². The van der Waals surface area contributed by atoms with Crippen LogP contribution in [0, 0.1) is 0 Å². The molecular weight excluding hydrogens is 383 g/mol. The maximum absolute atomic E-state index is 12.2. The molecule has 2 aromatic carbocycles. The molecule has 1 N–H and O–H groups in total. The van der Waals surface area contributed by atoms with Gasteiger partial charge in [0.15, 0.2) is 0 Å². The van der Waals surface area contributed by atoms with Crippen LogP contribution in [0.25, 0.3) is 0 Å². The molecule has 0 spiro atoms. The van der Waals surface area contributed by atoms with Crippen molar-refractivity contribution < 1.29 is 13.2 Å². The Hall–Kier alpha value is -1.60. The van der Waals surface area contributed by atoms with Crippen molar-refractivity contribution in [2.75, 3.05) is 24.7 Å². The van der Waals surface area contributed by atoms with E-state index in [0.29, 0.717) is 17.1 Å². The number of nitrogens with one attached hydrogen (secondary N) is 1. The van der Waals surface area contributed by atoms with Gasteiger partial charge in [0.05, 0.1) is 23.5 Å². The molecule has 0 aliphatic heterocycles. The average molecular weight is 401 g/mol. The van der Waals surface area contributed by atoms with Crippen LogP contribution in [0.15, 0.2) is 48.5 Å². The predicted octanol–water partition coefficient (Wildman–Crippen LogP) is 3.44. The second-order valence-electron chi connectivity index (χ2n) is 5.50. The molecule has 0 saturated carbocycles. The third-order valence-electron chi connectivity index (χ3n) is 3.49. The Morgan fingerprint density at radius 1 is 1.12 bits per heavy atom. The molecule has 0 saturated heterocycles. The van der Waals surface area contributed by atoms with E-state index in [0.717, 1.165) is 16.1 Å². The highest BCUT2D eigenvalue weighted by Gasteiger charge is 2.20. The van der Waals surface area contributed by atoms with Crippen LogP contribution in [0.5, 0.6) is 0 Å². The number of carbonyl (C=O) groups is 1. The van der Waals surface area contributed by atoms with E-state index in [1.54, 1.807) is 12.1 Å². The van der Waals surface area contributed by atoms with Crippen molar-refractivity contribution in [3.8, 4) is 0 Å². The van der Waals surface area contributed by atoms with Gasteiger partial charge in [-0.05, 0) is 30.2 Å². The molecule has 2 rings (SSSR count). The van der Waals surface area contributed by atoms with Gasteiger partial charge in [-0.1, -0.05) is 53.5 Å². The highest BCUT2D eigenvalue weighted by Crippen LogP contribution is 2.25. The Bertz CT molecular complexity index is 842. The van der Waals surface area contributed by atoms with Gasteiger partial charge < -0.3 is 5.32 Å². The average Bonchev–Trinajstić information content (AvgIpc) is 2.54. The Labute approximate surface area is 157 Å². The fraction of sp³-hybridized carbons (Fsp3) is 0.235. The number of sulfonamides is 1. The summed E-state index contributed by atoms with van der Waals surface area (Å²) in [5, 5.41) is 3.34. The molecule has 0 aromatic heterocycles. The van der Waals surface area contributed by atoms with Gasteiger partial charge in [-0.25, -0.2) is 8.42 Å². The van der Waals surface area contributed by atoms with Crippen molar-refractivity contribution in [1.29, 1.82) is 0 Å². The lowest BCUT2D eigenvalue weighted by atomic mass is 10.1. The first kappa shape index (κ1) is 19.7. The molecule has 8 heteroatoms. The number of benzene rings is 2. The van der Waals surface area contributed by atoms with E-state index in [9.17, 15) is 13.2 Å². The smallest absolute Gasteiger partial charge is 0.239 e. The van der Waals surface area contributed by atoms with Gasteiger partial charge in [0, 0.05) is 11.6 Å². The Kier molecular flexibility index (Phi) is 6.84. The zero-order valence-corrected chi connectivity index (χ0v) is 15.9. The molecule has 0 bridgehead atoms. The monoisotopic (exact) mass is 400 g/mol. The van der Waals surface area contributed by atoms with Crippen LogP contribution in [0.2, 0.25) is 10.0 Å². The van der Waals surface area contributed by atoms with Gasteiger partial charge in [0.2, 0.25) is 15.9 Å². The van der Waals surface area contributed by atoms with Crippen molar-refractivity contribution in [2.24, 2.45) is 0 Å². The maximum atomic E-state index is 12.2. The van der Waals surface area contributed by atoms with Crippen LogP contribution in [-0.2, 0) is 21.2 Å². The first-order valence-electron chi connectivity index (χ1n) is 7.49. The molecule has 0 aliphatic rings. The number of rotatable bonds is 7. The van der Waals surface area contributed by atoms with Crippen molar-refractivity contribution in [3.05, 3.63) is 64.1 Å². The lowest BCUT2D eigenvalue weighted by Crippen LogP contribution is -2.38. The molecule has 134 valence electrons. The molecule has 0 aliphatic carbocycles. The Balaban J connectivity index is 2.02. The largest absolute Gasteiger partial charge is 0.324 e. The molecule has 1 amide bonds. The molecule has 0 atom stereocenters.